The maximum Gasteiger partial charge on any atom is 0.239 e. The number of nitrogens with zero attached hydrogens (tertiary/aromatic N) is 1. The van der Waals surface area contributed by atoms with Crippen LogP contribution in [0.5, 0.6) is 0 Å². The zero-order valence-electron chi connectivity index (χ0n) is 21.2. The predicted octanol–water partition coefficient (Wildman–Crippen LogP) is 6.04. The predicted molar refractivity (Wildman–Crippen MR) is 140 cm³/mol. The van der Waals surface area contributed by atoms with Crippen LogP contribution >= 0.6 is 0 Å². The minimum Gasteiger partial charge on any atom is -0.357 e. The Bertz CT molecular complexity index is 1410. The molecule has 3 aromatic carbocycles. The number of halogens is 3. The summed E-state index contributed by atoms with van der Waals surface area (Å²) in [4.78, 5) is 28.6. The summed E-state index contributed by atoms with van der Waals surface area (Å²) in [7, 11) is 0. The molecule has 3 aromatic rings. The van der Waals surface area contributed by atoms with Gasteiger partial charge in [0.1, 0.15) is 17.5 Å². The molecular formula is C30H28F3N3O2. The standard InChI is InChI=1S/C30H28F3N3O2/c1-30(2)14-24-28(26(37)15-30)29(19-11-21(32)13-22(33)12-19)36(25-6-4-3-5-23(25)35-24)17-27(38)34-16-18-7-9-20(31)10-8-18/h3-13,29,35H,14-17H2,1-2H3,(H,34,38). The van der Waals surface area contributed by atoms with Gasteiger partial charge in [-0.1, -0.05) is 38.1 Å². The number of carbonyl (C=O) groups is 2. The number of fused-ring (bicyclic) bond motifs is 1. The molecule has 0 saturated carbocycles. The monoisotopic (exact) mass is 519 g/mol. The van der Waals surface area contributed by atoms with Crippen LogP contribution in [-0.2, 0) is 16.1 Å². The molecule has 8 heteroatoms. The summed E-state index contributed by atoms with van der Waals surface area (Å²) in [6.07, 6.45) is 0.823. The van der Waals surface area contributed by atoms with Gasteiger partial charge in [-0.25, -0.2) is 13.2 Å². The van der Waals surface area contributed by atoms with Crippen molar-refractivity contribution in [2.75, 3.05) is 16.8 Å². The second-order valence-electron chi connectivity index (χ2n) is 10.6. The molecule has 5 rings (SSSR count). The second kappa shape index (κ2) is 10.0. The first kappa shape index (κ1) is 25.6. The molecule has 1 amide bonds. The molecule has 0 bridgehead atoms. The number of amides is 1. The molecule has 0 aromatic heterocycles. The maximum atomic E-state index is 14.5. The van der Waals surface area contributed by atoms with E-state index < -0.39 is 17.7 Å². The van der Waals surface area contributed by atoms with Crippen molar-refractivity contribution in [3.63, 3.8) is 0 Å². The summed E-state index contributed by atoms with van der Waals surface area (Å²) >= 11 is 0. The molecule has 1 atom stereocenters. The van der Waals surface area contributed by atoms with E-state index in [0.717, 1.165) is 11.6 Å². The number of hydrogen-bond donors (Lipinski definition) is 2. The van der Waals surface area contributed by atoms with E-state index >= 15 is 0 Å². The van der Waals surface area contributed by atoms with Crippen LogP contribution in [0.25, 0.3) is 0 Å². The third kappa shape index (κ3) is 5.30. The number of Topliss-reactive ketones (excluding diaryl/α,β-unsaturated/α-hetero) is 1. The lowest BCUT2D eigenvalue weighted by atomic mass is 9.73. The highest BCUT2D eigenvalue weighted by molar-refractivity contribution is 6.01. The van der Waals surface area contributed by atoms with Gasteiger partial charge in [0.15, 0.2) is 5.78 Å². The number of hydrogen-bond acceptors (Lipinski definition) is 4. The number of allylic oxidation sites excluding steroid dienone is 1. The van der Waals surface area contributed by atoms with Gasteiger partial charge in [-0.3, -0.25) is 9.59 Å². The van der Waals surface area contributed by atoms with Gasteiger partial charge in [0.05, 0.1) is 24.0 Å². The number of rotatable bonds is 5. The van der Waals surface area contributed by atoms with Crippen molar-refractivity contribution >= 4 is 23.1 Å². The molecule has 0 fully saturated rings. The van der Waals surface area contributed by atoms with Crippen molar-refractivity contribution in [2.24, 2.45) is 5.41 Å². The Hall–Kier alpha value is -4.07. The van der Waals surface area contributed by atoms with Crippen molar-refractivity contribution in [1.82, 2.24) is 5.32 Å². The fraction of sp³-hybridized carbons (Fsp3) is 0.267. The third-order valence-electron chi connectivity index (χ3n) is 6.92. The third-order valence-corrected chi connectivity index (χ3v) is 6.92. The average molecular weight is 520 g/mol. The SMILES string of the molecule is CC1(C)CC(=O)C2=C(C1)Nc1ccccc1N(CC(=O)NCc1ccc(F)cc1)C2c1cc(F)cc(F)c1. The van der Waals surface area contributed by atoms with Gasteiger partial charge in [-0.2, -0.15) is 0 Å². The Balaban J connectivity index is 1.59. The van der Waals surface area contributed by atoms with Crippen LogP contribution in [-0.4, -0.2) is 18.2 Å². The molecule has 1 heterocycles. The Morgan fingerprint density at radius 1 is 0.974 bits per heavy atom. The van der Waals surface area contributed by atoms with E-state index in [1.165, 1.54) is 24.3 Å². The van der Waals surface area contributed by atoms with Crippen LogP contribution in [0.1, 0.15) is 43.9 Å². The molecule has 1 unspecified atom stereocenters. The fourth-order valence-corrected chi connectivity index (χ4v) is 5.32. The average Bonchev–Trinajstić information content (AvgIpc) is 2.97. The first-order valence-electron chi connectivity index (χ1n) is 12.5. The van der Waals surface area contributed by atoms with E-state index in [-0.39, 0.29) is 48.0 Å². The molecule has 1 aliphatic carbocycles. The number of anilines is 2. The van der Waals surface area contributed by atoms with Crippen molar-refractivity contribution in [1.29, 1.82) is 0 Å². The van der Waals surface area contributed by atoms with Gasteiger partial charge in [0.25, 0.3) is 0 Å². The minimum absolute atomic E-state index is 0.136. The molecule has 0 saturated heterocycles. The number of benzene rings is 3. The number of ketones is 1. The molecule has 0 spiro atoms. The number of para-hydroxylation sites is 2. The Kier molecular flexibility index (Phi) is 6.73. The quantitative estimate of drug-likeness (QED) is 0.432. The van der Waals surface area contributed by atoms with Gasteiger partial charge in [0, 0.05) is 30.3 Å². The summed E-state index contributed by atoms with van der Waals surface area (Å²) in [5, 5.41) is 6.24. The zero-order valence-corrected chi connectivity index (χ0v) is 21.2. The smallest absolute Gasteiger partial charge is 0.239 e. The van der Waals surface area contributed by atoms with Crippen LogP contribution in [0.3, 0.4) is 0 Å². The van der Waals surface area contributed by atoms with E-state index in [0.29, 0.717) is 29.1 Å². The highest BCUT2D eigenvalue weighted by Crippen LogP contribution is 2.48. The minimum atomic E-state index is -0.897. The van der Waals surface area contributed by atoms with Gasteiger partial charge in [-0.15, -0.1) is 0 Å². The lowest BCUT2D eigenvalue weighted by Crippen LogP contribution is -2.42. The summed E-state index contributed by atoms with van der Waals surface area (Å²) in [5.41, 5.74) is 3.05. The molecule has 2 N–H and O–H groups in total. The molecule has 38 heavy (non-hydrogen) atoms. The van der Waals surface area contributed by atoms with Gasteiger partial charge < -0.3 is 15.5 Å². The van der Waals surface area contributed by atoms with E-state index in [4.69, 9.17) is 0 Å². The van der Waals surface area contributed by atoms with E-state index in [1.807, 2.05) is 38.1 Å². The van der Waals surface area contributed by atoms with Gasteiger partial charge in [-0.05, 0) is 59.4 Å². The Morgan fingerprint density at radius 2 is 1.66 bits per heavy atom. The second-order valence-corrected chi connectivity index (χ2v) is 10.6. The molecule has 2 aliphatic rings. The summed E-state index contributed by atoms with van der Waals surface area (Å²) < 4.78 is 42.2. The number of carbonyl (C=O) groups excluding carboxylic acids is 2. The molecule has 1 aliphatic heterocycles. The Labute approximate surface area is 219 Å². The first-order valence-corrected chi connectivity index (χ1v) is 12.5. The fourth-order valence-electron chi connectivity index (χ4n) is 5.32. The van der Waals surface area contributed by atoms with Crippen molar-refractivity contribution in [3.8, 4) is 0 Å². The summed E-state index contributed by atoms with van der Waals surface area (Å²) in [5.74, 6) is -2.40. The van der Waals surface area contributed by atoms with E-state index in [9.17, 15) is 22.8 Å². The topological polar surface area (TPSA) is 61.4 Å². The molecule has 196 valence electrons. The summed E-state index contributed by atoms with van der Waals surface area (Å²) in [6.45, 7) is 4.00. The van der Waals surface area contributed by atoms with Gasteiger partial charge >= 0.3 is 0 Å². The highest BCUT2D eigenvalue weighted by Gasteiger charge is 2.42. The lowest BCUT2D eigenvalue weighted by molar-refractivity contribution is -0.120. The number of nitrogens with one attached hydrogen (secondary N) is 2. The van der Waals surface area contributed by atoms with Crippen molar-refractivity contribution in [2.45, 2.75) is 39.3 Å². The molecule has 5 nitrogen and oxygen atoms in total. The van der Waals surface area contributed by atoms with E-state index in [1.54, 1.807) is 17.0 Å². The van der Waals surface area contributed by atoms with Crippen molar-refractivity contribution < 1.29 is 22.8 Å². The first-order chi connectivity index (χ1) is 18.1. The summed E-state index contributed by atoms with van der Waals surface area (Å²) in [6, 6.07) is 15.4. The maximum absolute atomic E-state index is 14.5. The highest BCUT2D eigenvalue weighted by atomic mass is 19.1. The van der Waals surface area contributed by atoms with Crippen molar-refractivity contribution in [3.05, 3.63) is 107 Å². The van der Waals surface area contributed by atoms with Crippen LogP contribution in [0.15, 0.2) is 78.0 Å². The lowest BCUT2D eigenvalue weighted by Gasteiger charge is -2.37. The van der Waals surface area contributed by atoms with Crippen LogP contribution in [0.4, 0.5) is 24.5 Å². The van der Waals surface area contributed by atoms with Crippen LogP contribution in [0.2, 0.25) is 0 Å². The van der Waals surface area contributed by atoms with Crippen LogP contribution in [0, 0.1) is 22.9 Å². The molecular weight excluding hydrogens is 491 g/mol. The zero-order chi connectivity index (χ0) is 27.0. The molecule has 0 radical (unpaired) electrons. The largest absolute Gasteiger partial charge is 0.357 e. The Morgan fingerprint density at radius 3 is 2.37 bits per heavy atom. The van der Waals surface area contributed by atoms with Crippen LogP contribution < -0.4 is 15.5 Å². The normalized spacial score (nSPS) is 18.3. The van der Waals surface area contributed by atoms with E-state index in [2.05, 4.69) is 10.6 Å². The van der Waals surface area contributed by atoms with Gasteiger partial charge in [0.2, 0.25) is 5.91 Å².